The fourth-order valence-corrected chi connectivity index (χ4v) is 5.70. The number of carbonyl (C=O) groups is 1. The second kappa shape index (κ2) is 8.83. The highest BCUT2D eigenvalue weighted by Gasteiger charge is 2.39. The molecule has 1 atom stereocenters. The Labute approximate surface area is 187 Å². The highest BCUT2D eigenvalue weighted by atomic mass is 35.5. The quantitative estimate of drug-likeness (QED) is 0.631. The van der Waals surface area contributed by atoms with Crippen LogP contribution < -0.4 is 5.32 Å². The minimum Gasteiger partial charge on any atom is -0.351 e. The van der Waals surface area contributed by atoms with Crippen molar-refractivity contribution < 1.29 is 13.2 Å². The van der Waals surface area contributed by atoms with Gasteiger partial charge < -0.3 is 5.32 Å². The van der Waals surface area contributed by atoms with Gasteiger partial charge in [0.1, 0.15) is 6.04 Å². The molecule has 0 saturated heterocycles. The summed E-state index contributed by atoms with van der Waals surface area (Å²) in [5.41, 5.74) is 3.52. The van der Waals surface area contributed by atoms with Crippen LogP contribution >= 0.6 is 11.6 Å². The topological polar surface area (TPSA) is 66.5 Å². The third-order valence-corrected chi connectivity index (χ3v) is 7.73. The molecule has 0 aromatic heterocycles. The molecule has 1 amide bonds. The SMILES string of the molecule is Cc1cccc(S(=O)(=O)N2Cc3ccccc3C[C@@H]2C(=O)NCc2ccccc2Cl)c1. The van der Waals surface area contributed by atoms with E-state index in [1.54, 1.807) is 24.3 Å². The molecule has 3 aromatic carbocycles. The normalized spacial score (nSPS) is 16.5. The molecule has 0 fully saturated rings. The Hall–Kier alpha value is -2.67. The molecule has 31 heavy (non-hydrogen) atoms. The van der Waals surface area contributed by atoms with Gasteiger partial charge in [0.2, 0.25) is 15.9 Å². The molecule has 0 spiro atoms. The van der Waals surface area contributed by atoms with Gasteiger partial charge in [-0.15, -0.1) is 0 Å². The van der Waals surface area contributed by atoms with Crippen molar-refractivity contribution in [2.24, 2.45) is 0 Å². The fourth-order valence-electron chi connectivity index (χ4n) is 3.83. The Morgan fingerprint density at radius 3 is 2.48 bits per heavy atom. The number of hydrogen-bond acceptors (Lipinski definition) is 3. The van der Waals surface area contributed by atoms with Gasteiger partial charge in [-0.2, -0.15) is 4.31 Å². The summed E-state index contributed by atoms with van der Waals surface area (Å²) >= 11 is 6.20. The third-order valence-electron chi connectivity index (χ3n) is 5.52. The molecule has 1 aliphatic rings. The van der Waals surface area contributed by atoms with Crippen LogP contribution in [-0.2, 0) is 34.3 Å². The molecule has 1 heterocycles. The van der Waals surface area contributed by atoms with Crippen molar-refractivity contribution in [1.82, 2.24) is 9.62 Å². The zero-order valence-corrected chi connectivity index (χ0v) is 18.7. The molecule has 0 bridgehead atoms. The molecule has 1 aliphatic heterocycles. The molecule has 160 valence electrons. The molecular formula is C24H23ClN2O3S. The first-order chi connectivity index (χ1) is 14.9. The number of nitrogens with zero attached hydrogens (tertiary/aromatic N) is 1. The number of rotatable bonds is 5. The Kier molecular flexibility index (Phi) is 6.14. The zero-order chi connectivity index (χ0) is 22.0. The van der Waals surface area contributed by atoms with Crippen LogP contribution in [0.2, 0.25) is 5.02 Å². The van der Waals surface area contributed by atoms with Gasteiger partial charge in [0.15, 0.2) is 0 Å². The van der Waals surface area contributed by atoms with E-state index in [1.807, 2.05) is 55.5 Å². The first kappa shape index (κ1) is 21.6. The summed E-state index contributed by atoms with van der Waals surface area (Å²) in [5.74, 6) is -0.342. The van der Waals surface area contributed by atoms with Crippen LogP contribution in [0.5, 0.6) is 0 Å². The number of carbonyl (C=O) groups excluding carboxylic acids is 1. The van der Waals surface area contributed by atoms with Crippen LogP contribution in [0.1, 0.15) is 22.3 Å². The van der Waals surface area contributed by atoms with Crippen LogP contribution in [0.4, 0.5) is 0 Å². The predicted molar refractivity (Wildman–Crippen MR) is 121 cm³/mol. The molecule has 5 nitrogen and oxygen atoms in total. The number of nitrogens with one attached hydrogen (secondary N) is 1. The number of benzene rings is 3. The number of sulfonamides is 1. The van der Waals surface area contributed by atoms with E-state index in [-0.39, 0.29) is 23.9 Å². The molecule has 0 aliphatic carbocycles. The summed E-state index contributed by atoms with van der Waals surface area (Å²) in [4.78, 5) is 13.4. The molecule has 1 N–H and O–H groups in total. The minimum absolute atomic E-state index is 0.149. The lowest BCUT2D eigenvalue weighted by Crippen LogP contribution is -2.52. The molecule has 7 heteroatoms. The first-order valence-electron chi connectivity index (χ1n) is 10.0. The van der Waals surface area contributed by atoms with Gasteiger partial charge in [-0.05, 0) is 53.8 Å². The van der Waals surface area contributed by atoms with Crippen molar-refractivity contribution in [3.05, 3.63) is 100 Å². The second-order valence-corrected chi connectivity index (χ2v) is 9.96. The van der Waals surface area contributed by atoms with Crippen LogP contribution in [0.3, 0.4) is 0 Å². The smallest absolute Gasteiger partial charge is 0.244 e. The van der Waals surface area contributed by atoms with E-state index in [1.165, 1.54) is 4.31 Å². The lowest BCUT2D eigenvalue weighted by atomic mass is 9.95. The Morgan fingerprint density at radius 2 is 1.74 bits per heavy atom. The maximum absolute atomic E-state index is 13.5. The van der Waals surface area contributed by atoms with Gasteiger partial charge in [-0.3, -0.25) is 4.79 Å². The van der Waals surface area contributed by atoms with Crippen molar-refractivity contribution >= 4 is 27.5 Å². The van der Waals surface area contributed by atoms with E-state index in [0.717, 1.165) is 22.3 Å². The van der Waals surface area contributed by atoms with Crippen LogP contribution in [0, 0.1) is 6.92 Å². The summed E-state index contributed by atoms with van der Waals surface area (Å²) in [6.45, 7) is 2.23. The van der Waals surface area contributed by atoms with E-state index in [2.05, 4.69) is 5.32 Å². The van der Waals surface area contributed by atoms with Crippen molar-refractivity contribution in [3.8, 4) is 0 Å². The summed E-state index contributed by atoms with van der Waals surface area (Å²) in [5, 5.41) is 3.43. The molecule has 0 saturated carbocycles. The number of aryl methyl sites for hydroxylation is 1. The van der Waals surface area contributed by atoms with Gasteiger partial charge >= 0.3 is 0 Å². The predicted octanol–water partition coefficient (Wildman–Crippen LogP) is 4.08. The van der Waals surface area contributed by atoms with E-state index in [0.29, 0.717) is 11.4 Å². The van der Waals surface area contributed by atoms with Gasteiger partial charge in [0.05, 0.1) is 4.90 Å². The maximum Gasteiger partial charge on any atom is 0.244 e. The van der Waals surface area contributed by atoms with Crippen molar-refractivity contribution in [3.63, 3.8) is 0 Å². The van der Waals surface area contributed by atoms with E-state index < -0.39 is 16.1 Å². The summed E-state index contributed by atoms with van der Waals surface area (Å²) < 4.78 is 28.3. The molecular weight excluding hydrogens is 432 g/mol. The van der Waals surface area contributed by atoms with Crippen molar-refractivity contribution in [2.75, 3.05) is 0 Å². The van der Waals surface area contributed by atoms with E-state index >= 15 is 0 Å². The van der Waals surface area contributed by atoms with Crippen LogP contribution in [-0.4, -0.2) is 24.7 Å². The summed E-state index contributed by atoms with van der Waals surface area (Å²) in [6.07, 6.45) is 0.315. The standard InChI is InChI=1S/C24H23ClN2O3S/c1-17-7-6-11-21(13-17)31(29,30)27-16-20-10-3-2-8-18(20)14-23(27)24(28)26-15-19-9-4-5-12-22(19)25/h2-13,23H,14-16H2,1H3,(H,26,28)/t23-/m1/s1. The monoisotopic (exact) mass is 454 g/mol. The van der Waals surface area contributed by atoms with Crippen LogP contribution in [0.15, 0.2) is 77.7 Å². The highest BCUT2D eigenvalue weighted by molar-refractivity contribution is 7.89. The molecule has 3 aromatic rings. The maximum atomic E-state index is 13.5. The van der Waals surface area contributed by atoms with Gasteiger partial charge in [-0.1, -0.05) is 66.2 Å². The summed E-state index contributed by atoms with van der Waals surface area (Å²) in [7, 11) is -3.87. The second-order valence-electron chi connectivity index (χ2n) is 7.66. The van der Waals surface area contributed by atoms with Gasteiger partial charge in [0, 0.05) is 18.1 Å². The highest BCUT2D eigenvalue weighted by Crippen LogP contribution is 2.29. The van der Waals surface area contributed by atoms with Crippen LogP contribution in [0.25, 0.3) is 0 Å². The number of halogens is 1. The number of hydrogen-bond donors (Lipinski definition) is 1. The zero-order valence-electron chi connectivity index (χ0n) is 17.1. The molecule has 0 unspecified atom stereocenters. The number of amides is 1. The molecule has 4 rings (SSSR count). The lowest BCUT2D eigenvalue weighted by molar-refractivity contribution is -0.125. The fraction of sp³-hybridized carbons (Fsp3) is 0.208. The average molecular weight is 455 g/mol. The van der Waals surface area contributed by atoms with Crippen molar-refractivity contribution in [1.29, 1.82) is 0 Å². The van der Waals surface area contributed by atoms with E-state index in [4.69, 9.17) is 11.6 Å². The lowest BCUT2D eigenvalue weighted by Gasteiger charge is -2.35. The Morgan fingerprint density at radius 1 is 1.03 bits per heavy atom. The van der Waals surface area contributed by atoms with Crippen molar-refractivity contribution in [2.45, 2.75) is 37.4 Å². The average Bonchev–Trinajstić information content (AvgIpc) is 2.77. The Balaban J connectivity index is 1.66. The largest absolute Gasteiger partial charge is 0.351 e. The Bertz CT molecular complexity index is 1230. The van der Waals surface area contributed by atoms with E-state index in [9.17, 15) is 13.2 Å². The number of fused-ring (bicyclic) bond motifs is 1. The van der Waals surface area contributed by atoms with Gasteiger partial charge in [0.25, 0.3) is 0 Å². The minimum atomic E-state index is -3.87. The first-order valence-corrected chi connectivity index (χ1v) is 11.8. The van der Waals surface area contributed by atoms with Gasteiger partial charge in [-0.25, -0.2) is 8.42 Å². The third kappa shape index (κ3) is 4.51. The summed E-state index contributed by atoms with van der Waals surface area (Å²) in [6, 6.07) is 20.8. The molecule has 0 radical (unpaired) electrons.